The van der Waals surface area contributed by atoms with E-state index in [0.29, 0.717) is 12.8 Å². The lowest BCUT2D eigenvalue weighted by atomic mass is 10.1. The van der Waals surface area contributed by atoms with Crippen molar-refractivity contribution in [1.29, 1.82) is 0 Å². The Morgan fingerprint density at radius 1 is 0.617 bits per heavy atom. The molecule has 0 aliphatic rings. The third kappa shape index (κ3) is 36.7. The summed E-state index contributed by atoms with van der Waals surface area (Å²) in [5.74, 6) is -3.51. The van der Waals surface area contributed by atoms with Gasteiger partial charge in [-0.1, -0.05) is 127 Å². The fraction of sp³-hybridized carbons (Fsp3) is 0.773. The summed E-state index contributed by atoms with van der Waals surface area (Å²) in [7, 11) is -10.3. The van der Waals surface area contributed by atoms with E-state index in [-0.39, 0.29) is 19.4 Å². The smallest absolute Gasteiger partial charge is 0.462 e. The molecule has 0 fully saturated rings. The van der Waals surface area contributed by atoms with Crippen LogP contribution in [0.25, 0.3) is 0 Å². The predicted octanol–water partition coefficient (Wildman–Crippen LogP) is 10.0. The molecule has 60 heavy (non-hydrogen) atoms. The SMILES string of the molecule is CCCCCC=CCC=CCCCCCCCC(=O)OC[C@H](COC(CO)C(OP(=O)(O)OCCN)P(=O)(O)O)OC(=O)CCCCCCCC=CCC=CCCCCC. The van der Waals surface area contributed by atoms with Crippen LogP contribution in [0.5, 0.6) is 0 Å². The molecule has 0 saturated carbocycles. The topological polar surface area (TPSA) is 221 Å². The van der Waals surface area contributed by atoms with E-state index in [2.05, 4.69) is 67.0 Å². The van der Waals surface area contributed by atoms with E-state index >= 15 is 0 Å². The Kier molecular flexibility index (Phi) is 38.6. The molecule has 4 atom stereocenters. The number of carbonyl (C=O) groups excluding carboxylic acids is 2. The van der Waals surface area contributed by atoms with Crippen LogP contribution in [0.3, 0.4) is 0 Å². The molecule has 0 saturated heterocycles. The molecule has 0 aromatic carbocycles. The van der Waals surface area contributed by atoms with Crippen LogP contribution >= 0.6 is 15.4 Å². The second-order valence-electron chi connectivity index (χ2n) is 15.0. The van der Waals surface area contributed by atoms with Crippen LogP contribution in [-0.4, -0.2) is 82.8 Å². The molecule has 0 rings (SSSR count). The largest absolute Gasteiger partial charge is 0.473 e. The third-order valence-corrected chi connectivity index (χ3v) is 11.6. The Morgan fingerprint density at radius 2 is 1.07 bits per heavy atom. The third-order valence-electron chi connectivity index (χ3n) is 9.33. The van der Waals surface area contributed by atoms with Gasteiger partial charge in [-0.25, -0.2) is 4.57 Å². The van der Waals surface area contributed by atoms with Crippen molar-refractivity contribution in [1.82, 2.24) is 0 Å². The first-order chi connectivity index (χ1) is 28.9. The van der Waals surface area contributed by atoms with Crippen molar-refractivity contribution in [2.75, 3.05) is 33.0 Å². The van der Waals surface area contributed by atoms with Gasteiger partial charge in [0.15, 0.2) is 11.9 Å². The van der Waals surface area contributed by atoms with Crippen LogP contribution in [0.4, 0.5) is 0 Å². The number of nitrogens with two attached hydrogens (primary N) is 1. The normalized spacial score (nSPS) is 15.0. The average Bonchev–Trinajstić information content (AvgIpc) is 3.21. The Hall–Kier alpha value is -1.96. The molecule has 0 aliphatic heterocycles. The summed E-state index contributed by atoms with van der Waals surface area (Å²) < 4.78 is 50.2. The Bertz CT molecular complexity index is 1270. The number of hydrogen-bond acceptors (Lipinski definition) is 11. The van der Waals surface area contributed by atoms with E-state index < -0.39 is 71.8 Å². The number of hydrogen-bond donors (Lipinski definition) is 5. The van der Waals surface area contributed by atoms with E-state index in [1.807, 2.05) is 0 Å². The molecule has 0 aromatic rings. The number of unbranched alkanes of at least 4 members (excludes halogenated alkanes) is 16. The second kappa shape index (κ2) is 39.9. The average molecular weight is 894 g/mol. The summed E-state index contributed by atoms with van der Waals surface area (Å²) in [6.45, 7) is 1.75. The molecule has 16 heteroatoms. The first kappa shape index (κ1) is 58.0. The Balaban J connectivity index is 4.95. The van der Waals surface area contributed by atoms with Gasteiger partial charge >= 0.3 is 27.4 Å². The molecule has 14 nitrogen and oxygen atoms in total. The molecule has 0 spiro atoms. The lowest BCUT2D eigenvalue weighted by Crippen LogP contribution is -2.38. The number of carbonyl (C=O) groups is 2. The second-order valence-corrected chi connectivity index (χ2v) is 18.1. The van der Waals surface area contributed by atoms with Crippen LogP contribution in [0, 0.1) is 0 Å². The van der Waals surface area contributed by atoms with E-state index in [1.54, 1.807) is 0 Å². The van der Waals surface area contributed by atoms with Gasteiger partial charge in [0, 0.05) is 19.4 Å². The summed E-state index contributed by atoms with van der Waals surface area (Å²) in [6, 6.07) is 0. The number of phosphoric ester groups is 1. The van der Waals surface area contributed by atoms with Crippen LogP contribution in [0.15, 0.2) is 48.6 Å². The summed E-state index contributed by atoms with van der Waals surface area (Å²) >= 11 is 0. The fourth-order valence-corrected chi connectivity index (χ4v) is 8.19. The number of rotatable bonds is 42. The lowest BCUT2D eigenvalue weighted by Gasteiger charge is -2.29. The zero-order valence-corrected chi connectivity index (χ0v) is 38.6. The van der Waals surface area contributed by atoms with Crippen molar-refractivity contribution in [3.05, 3.63) is 48.6 Å². The zero-order chi connectivity index (χ0) is 44.6. The van der Waals surface area contributed by atoms with Crippen LogP contribution in [0.1, 0.15) is 168 Å². The summed E-state index contributed by atoms with van der Waals surface area (Å²) in [6.07, 6.45) is 37.6. The van der Waals surface area contributed by atoms with Gasteiger partial charge in [0.1, 0.15) is 12.7 Å². The van der Waals surface area contributed by atoms with Gasteiger partial charge in [-0.05, 0) is 77.0 Å². The standard InChI is InChI=1S/C44H81NO13P2/c1-3-5-7-9-11-13-15-17-19-21-23-25-27-29-31-33-42(47)55-39-40(38-54-41(37-46)44(59(49,50)51)58-60(52,53)56-36-35-45)57-43(48)34-32-30-28-26-24-22-20-18-16-14-12-10-8-6-4-2/h11-14,17-20,40-41,44,46H,3-10,15-16,21-39,45H2,1-2H3,(H,52,53)(H2,49,50,51)/t40-,41?,44?/m0/s1. The van der Waals surface area contributed by atoms with Crippen molar-refractivity contribution in [2.45, 2.75) is 186 Å². The highest BCUT2D eigenvalue weighted by Gasteiger charge is 2.44. The predicted molar refractivity (Wildman–Crippen MR) is 238 cm³/mol. The maximum absolute atomic E-state index is 12.8. The molecule has 350 valence electrons. The van der Waals surface area contributed by atoms with Crippen molar-refractivity contribution < 1.29 is 61.8 Å². The maximum Gasteiger partial charge on any atom is 0.473 e. The Labute approximate surface area is 361 Å². The van der Waals surface area contributed by atoms with Crippen molar-refractivity contribution >= 4 is 27.4 Å². The van der Waals surface area contributed by atoms with Gasteiger partial charge in [0.25, 0.3) is 0 Å². The monoisotopic (exact) mass is 894 g/mol. The minimum absolute atomic E-state index is 0.0880. The minimum atomic E-state index is -5.33. The first-order valence-electron chi connectivity index (χ1n) is 22.5. The lowest BCUT2D eigenvalue weighted by molar-refractivity contribution is -0.166. The van der Waals surface area contributed by atoms with Crippen molar-refractivity contribution in [3.8, 4) is 0 Å². The van der Waals surface area contributed by atoms with E-state index in [4.69, 9.17) is 24.5 Å². The number of allylic oxidation sites excluding steroid dienone is 8. The molecular formula is C44H81NO13P2. The summed E-state index contributed by atoms with van der Waals surface area (Å²) in [5.41, 5.74) is 5.27. The first-order valence-corrected chi connectivity index (χ1v) is 25.7. The molecular weight excluding hydrogens is 812 g/mol. The number of esters is 2. The van der Waals surface area contributed by atoms with Gasteiger partial charge in [0.05, 0.1) is 19.8 Å². The van der Waals surface area contributed by atoms with E-state index in [1.165, 1.54) is 38.5 Å². The summed E-state index contributed by atoms with van der Waals surface area (Å²) in [5, 5.41) is 9.92. The van der Waals surface area contributed by atoms with Crippen molar-refractivity contribution in [2.24, 2.45) is 5.73 Å². The van der Waals surface area contributed by atoms with Gasteiger partial charge < -0.3 is 39.7 Å². The van der Waals surface area contributed by atoms with Gasteiger partial charge in [0.2, 0.25) is 0 Å². The minimum Gasteiger partial charge on any atom is -0.462 e. The molecule has 0 aromatic heterocycles. The highest BCUT2D eigenvalue weighted by atomic mass is 31.2. The molecule has 0 bridgehead atoms. The zero-order valence-electron chi connectivity index (χ0n) is 36.8. The highest BCUT2D eigenvalue weighted by Crippen LogP contribution is 2.54. The molecule has 0 radical (unpaired) electrons. The molecule has 0 aliphatic carbocycles. The number of ether oxygens (including phenoxy) is 3. The van der Waals surface area contributed by atoms with E-state index in [0.717, 1.165) is 89.9 Å². The van der Waals surface area contributed by atoms with Crippen LogP contribution < -0.4 is 5.73 Å². The van der Waals surface area contributed by atoms with Crippen LogP contribution in [0.2, 0.25) is 0 Å². The molecule has 0 amide bonds. The number of aliphatic hydroxyl groups is 1. The van der Waals surface area contributed by atoms with Crippen LogP contribution in [-0.2, 0) is 42.0 Å². The van der Waals surface area contributed by atoms with Gasteiger partial charge in [-0.2, -0.15) is 0 Å². The van der Waals surface area contributed by atoms with Gasteiger partial charge in [-0.3, -0.25) is 23.2 Å². The van der Waals surface area contributed by atoms with Gasteiger partial charge in [-0.15, -0.1) is 0 Å². The van der Waals surface area contributed by atoms with E-state index in [9.17, 15) is 38.5 Å². The molecule has 6 N–H and O–H groups in total. The molecule has 0 heterocycles. The maximum atomic E-state index is 12.8. The highest BCUT2D eigenvalue weighted by molar-refractivity contribution is 7.54. The summed E-state index contributed by atoms with van der Waals surface area (Å²) in [4.78, 5) is 55.1. The Morgan fingerprint density at radius 3 is 1.52 bits per heavy atom. The number of aliphatic hydroxyl groups excluding tert-OH is 1. The number of phosphoric acid groups is 1. The quantitative estimate of drug-likeness (QED) is 0.0167. The fourth-order valence-electron chi connectivity index (χ4n) is 5.92. The molecule has 3 unspecified atom stereocenters. The van der Waals surface area contributed by atoms with Crippen molar-refractivity contribution in [3.63, 3.8) is 0 Å².